The summed E-state index contributed by atoms with van der Waals surface area (Å²) >= 11 is 0. The second-order valence-electron chi connectivity index (χ2n) is 6.91. The predicted octanol–water partition coefficient (Wildman–Crippen LogP) is 1.22. The smallest absolute Gasteiger partial charge is 0.258 e. The highest BCUT2D eigenvalue weighted by atomic mass is 16.1. The lowest BCUT2D eigenvalue weighted by Gasteiger charge is -2.44. The molecule has 1 fully saturated rings. The normalized spacial score (nSPS) is 14.8. The highest BCUT2D eigenvalue weighted by Gasteiger charge is 2.28. The SMILES string of the molecule is CC(=N)c1cc(-c2cc(=O)n3cc(N4CC(N(C)C)C4)ccc3n2)[nH]n1. The summed E-state index contributed by atoms with van der Waals surface area (Å²) < 4.78 is 1.57. The fraction of sp³-hybridized carbons (Fsp3) is 0.333. The second-order valence-corrected chi connectivity index (χ2v) is 6.91. The van der Waals surface area contributed by atoms with Gasteiger partial charge in [-0.05, 0) is 39.2 Å². The van der Waals surface area contributed by atoms with E-state index in [-0.39, 0.29) is 5.56 Å². The van der Waals surface area contributed by atoms with Crippen molar-refractivity contribution < 1.29 is 0 Å². The molecule has 8 nitrogen and oxygen atoms in total. The number of fused-ring (bicyclic) bond motifs is 1. The molecule has 3 aromatic rings. The molecule has 134 valence electrons. The van der Waals surface area contributed by atoms with E-state index in [1.54, 1.807) is 17.4 Å². The summed E-state index contributed by atoms with van der Waals surface area (Å²) in [4.78, 5) is 21.6. The molecule has 8 heteroatoms. The average Bonchev–Trinajstić information content (AvgIpc) is 3.03. The van der Waals surface area contributed by atoms with E-state index in [0.29, 0.717) is 34.5 Å². The van der Waals surface area contributed by atoms with Gasteiger partial charge in [-0.25, -0.2) is 4.98 Å². The van der Waals surface area contributed by atoms with Crippen molar-refractivity contribution in [2.75, 3.05) is 32.1 Å². The zero-order valence-electron chi connectivity index (χ0n) is 15.0. The third kappa shape index (κ3) is 2.78. The molecule has 0 unspecified atom stereocenters. The first-order valence-electron chi connectivity index (χ1n) is 8.48. The molecule has 0 radical (unpaired) electrons. The fourth-order valence-electron chi connectivity index (χ4n) is 3.05. The number of hydrogen-bond donors (Lipinski definition) is 2. The lowest BCUT2D eigenvalue weighted by atomic mass is 10.1. The van der Waals surface area contributed by atoms with Gasteiger partial charge in [-0.2, -0.15) is 5.10 Å². The van der Waals surface area contributed by atoms with Crippen LogP contribution in [0.2, 0.25) is 0 Å². The van der Waals surface area contributed by atoms with E-state index < -0.39 is 0 Å². The number of anilines is 1. The predicted molar refractivity (Wildman–Crippen MR) is 101 cm³/mol. The molecule has 1 aliphatic rings. The van der Waals surface area contributed by atoms with Crippen molar-refractivity contribution in [3.05, 3.63) is 46.5 Å². The summed E-state index contributed by atoms with van der Waals surface area (Å²) in [6.45, 7) is 3.58. The van der Waals surface area contributed by atoms with Crippen LogP contribution in [-0.2, 0) is 0 Å². The van der Waals surface area contributed by atoms with Crippen LogP contribution < -0.4 is 10.5 Å². The quantitative estimate of drug-likeness (QED) is 0.690. The van der Waals surface area contributed by atoms with E-state index in [4.69, 9.17) is 5.41 Å². The third-order valence-corrected chi connectivity index (χ3v) is 4.84. The van der Waals surface area contributed by atoms with Crippen LogP contribution in [0.3, 0.4) is 0 Å². The van der Waals surface area contributed by atoms with Gasteiger partial charge in [-0.3, -0.25) is 14.3 Å². The van der Waals surface area contributed by atoms with E-state index in [1.807, 2.05) is 18.3 Å². The minimum Gasteiger partial charge on any atom is -0.367 e. The molecule has 0 bridgehead atoms. The Morgan fingerprint density at radius 3 is 2.73 bits per heavy atom. The van der Waals surface area contributed by atoms with Crippen molar-refractivity contribution in [2.24, 2.45) is 0 Å². The number of aromatic nitrogens is 4. The molecule has 0 aromatic carbocycles. The summed E-state index contributed by atoms with van der Waals surface area (Å²) in [5.41, 5.74) is 3.54. The summed E-state index contributed by atoms with van der Waals surface area (Å²) in [7, 11) is 4.17. The van der Waals surface area contributed by atoms with Crippen molar-refractivity contribution in [3.63, 3.8) is 0 Å². The second kappa shape index (κ2) is 6.06. The lowest BCUT2D eigenvalue weighted by molar-refractivity contribution is 0.247. The van der Waals surface area contributed by atoms with E-state index in [9.17, 15) is 4.79 Å². The summed E-state index contributed by atoms with van der Waals surface area (Å²) in [5, 5.41) is 14.6. The maximum absolute atomic E-state index is 12.6. The number of nitrogens with zero attached hydrogens (tertiary/aromatic N) is 5. The van der Waals surface area contributed by atoms with Crippen molar-refractivity contribution in [1.82, 2.24) is 24.5 Å². The number of nitrogens with one attached hydrogen (secondary N) is 2. The third-order valence-electron chi connectivity index (χ3n) is 4.84. The van der Waals surface area contributed by atoms with Crippen LogP contribution in [0.4, 0.5) is 5.69 Å². The van der Waals surface area contributed by atoms with Gasteiger partial charge in [0.05, 0.1) is 22.8 Å². The minimum absolute atomic E-state index is 0.140. The molecule has 0 spiro atoms. The van der Waals surface area contributed by atoms with E-state index >= 15 is 0 Å². The molecule has 1 aliphatic heterocycles. The monoisotopic (exact) mass is 351 g/mol. The maximum Gasteiger partial charge on any atom is 0.258 e. The first-order valence-corrected chi connectivity index (χ1v) is 8.48. The summed E-state index contributed by atoms with van der Waals surface area (Å²) in [5.74, 6) is 0. The topological polar surface area (TPSA) is 93.4 Å². The van der Waals surface area contributed by atoms with Crippen LogP contribution in [0.25, 0.3) is 17.0 Å². The Labute approximate surface area is 150 Å². The van der Waals surface area contributed by atoms with Crippen LogP contribution in [-0.4, -0.2) is 63.4 Å². The van der Waals surface area contributed by atoms with Crippen LogP contribution in [0.1, 0.15) is 12.6 Å². The Morgan fingerprint density at radius 1 is 1.31 bits per heavy atom. The number of hydrogen-bond acceptors (Lipinski definition) is 6. The fourth-order valence-corrected chi connectivity index (χ4v) is 3.05. The van der Waals surface area contributed by atoms with Gasteiger partial charge in [0.1, 0.15) is 11.3 Å². The van der Waals surface area contributed by atoms with Crippen LogP contribution in [0.15, 0.2) is 35.3 Å². The Hall–Kier alpha value is -3.00. The van der Waals surface area contributed by atoms with Gasteiger partial charge in [0.2, 0.25) is 0 Å². The Bertz CT molecular complexity index is 1040. The Kier molecular flexibility index (Phi) is 3.84. The van der Waals surface area contributed by atoms with Gasteiger partial charge in [0.25, 0.3) is 5.56 Å². The molecule has 1 saturated heterocycles. The van der Waals surface area contributed by atoms with Gasteiger partial charge in [-0.1, -0.05) is 0 Å². The van der Waals surface area contributed by atoms with Gasteiger partial charge in [0.15, 0.2) is 0 Å². The van der Waals surface area contributed by atoms with Crippen LogP contribution >= 0.6 is 0 Å². The molecule has 0 atom stereocenters. The average molecular weight is 351 g/mol. The first-order chi connectivity index (χ1) is 12.4. The standard InChI is InChI=1S/C18H21N7O/c1-11(19)14-6-16(22-21-14)15-7-18(26)25-10-12(4-5-17(25)20-15)24-8-13(9-24)23(2)3/h4-7,10,13,19H,8-9H2,1-3H3,(H,21,22). The van der Waals surface area contributed by atoms with Crippen molar-refractivity contribution in [3.8, 4) is 11.4 Å². The molecule has 3 aromatic heterocycles. The van der Waals surface area contributed by atoms with Gasteiger partial charge >= 0.3 is 0 Å². The number of rotatable bonds is 4. The molecule has 4 heterocycles. The summed E-state index contributed by atoms with van der Waals surface area (Å²) in [6.07, 6.45) is 1.85. The molecular formula is C18H21N7O. The van der Waals surface area contributed by atoms with Crippen molar-refractivity contribution >= 4 is 17.0 Å². The zero-order chi connectivity index (χ0) is 18.4. The largest absolute Gasteiger partial charge is 0.367 e. The first kappa shape index (κ1) is 16.5. The Morgan fingerprint density at radius 2 is 2.08 bits per heavy atom. The maximum atomic E-state index is 12.6. The number of pyridine rings is 1. The number of H-pyrrole nitrogens is 1. The van der Waals surface area contributed by atoms with Gasteiger partial charge in [-0.15, -0.1) is 0 Å². The van der Waals surface area contributed by atoms with E-state index in [1.165, 1.54) is 6.07 Å². The van der Waals surface area contributed by atoms with E-state index in [2.05, 4.69) is 39.1 Å². The van der Waals surface area contributed by atoms with Crippen molar-refractivity contribution in [1.29, 1.82) is 5.41 Å². The molecule has 2 N–H and O–H groups in total. The van der Waals surface area contributed by atoms with Crippen molar-refractivity contribution in [2.45, 2.75) is 13.0 Å². The zero-order valence-corrected chi connectivity index (χ0v) is 15.0. The molecule has 0 amide bonds. The lowest BCUT2D eigenvalue weighted by Crippen LogP contribution is -2.57. The van der Waals surface area contributed by atoms with Crippen LogP contribution in [0, 0.1) is 5.41 Å². The molecular weight excluding hydrogens is 330 g/mol. The van der Waals surface area contributed by atoms with Crippen LogP contribution in [0.5, 0.6) is 0 Å². The number of likely N-dealkylation sites (N-methyl/N-ethyl adjacent to an activating group) is 1. The Balaban J connectivity index is 1.67. The van der Waals surface area contributed by atoms with Gasteiger partial charge in [0, 0.05) is 31.4 Å². The highest BCUT2D eigenvalue weighted by Crippen LogP contribution is 2.23. The highest BCUT2D eigenvalue weighted by molar-refractivity contribution is 5.95. The van der Waals surface area contributed by atoms with Gasteiger partial charge < -0.3 is 15.2 Å². The number of aromatic amines is 1. The molecule has 4 rings (SSSR count). The van der Waals surface area contributed by atoms with E-state index in [0.717, 1.165) is 18.8 Å². The summed E-state index contributed by atoms with van der Waals surface area (Å²) in [6, 6.07) is 7.64. The minimum atomic E-state index is -0.140. The molecule has 0 aliphatic carbocycles. The molecule has 26 heavy (non-hydrogen) atoms. The molecule has 0 saturated carbocycles.